The molecule has 0 radical (unpaired) electrons. The molecule has 0 fully saturated rings. The topological polar surface area (TPSA) is 107 Å². The molecule has 4 N–H and O–H groups in total. The maximum absolute atomic E-state index is 11.4. The summed E-state index contributed by atoms with van der Waals surface area (Å²) in [5.74, 6) is 0. The van der Waals surface area contributed by atoms with E-state index < -0.39 is 11.3 Å². The quantitative estimate of drug-likeness (QED) is 0.534. The normalized spacial score (nSPS) is 17.4. The first kappa shape index (κ1) is 15.9. The molecule has 4 rings (SSSR count). The lowest BCUT2D eigenvalue weighted by Gasteiger charge is -2.10. The van der Waals surface area contributed by atoms with Crippen LogP contribution in [0.1, 0.15) is 11.1 Å². The minimum atomic E-state index is -2.00. The molecule has 7 nitrogen and oxygen atoms in total. The zero-order valence-corrected chi connectivity index (χ0v) is 14.0. The first-order valence-corrected chi connectivity index (χ1v) is 8.93. The second kappa shape index (κ2) is 6.40. The first-order chi connectivity index (χ1) is 12.1. The summed E-state index contributed by atoms with van der Waals surface area (Å²) in [7, 11) is 0. The van der Waals surface area contributed by atoms with Gasteiger partial charge >= 0.3 is 0 Å². The van der Waals surface area contributed by atoms with Crippen LogP contribution in [-0.4, -0.2) is 24.8 Å². The predicted molar refractivity (Wildman–Crippen MR) is 97.2 cm³/mol. The maximum Gasteiger partial charge on any atom is 0.249 e. The number of rotatable bonds is 4. The summed E-state index contributed by atoms with van der Waals surface area (Å²) in [6.45, 7) is 0. The molecule has 1 aromatic carbocycles. The van der Waals surface area contributed by atoms with Crippen molar-refractivity contribution in [2.75, 3.05) is 5.32 Å². The van der Waals surface area contributed by atoms with Gasteiger partial charge in [-0.25, -0.2) is 13.9 Å². The van der Waals surface area contributed by atoms with Crippen LogP contribution in [0, 0.1) is 0 Å². The average molecular weight is 356 g/mol. The number of nitrogens with zero attached hydrogens (tertiary/aromatic N) is 1. The molecule has 0 spiro atoms. The second-order valence-corrected chi connectivity index (χ2v) is 6.76. The molecule has 2 aromatic heterocycles. The molecule has 0 aliphatic heterocycles. The fourth-order valence-corrected chi connectivity index (χ4v) is 3.70. The Kier molecular flexibility index (Phi) is 4.08. The lowest BCUT2D eigenvalue weighted by molar-refractivity contribution is 0.527. The zero-order chi connectivity index (χ0) is 17.4. The molecule has 2 unspecified atom stereocenters. The summed E-state index contributed by atoms with van der Waals surface area (Å²) in [6, 6.07) is 11.1. The van der Waals surface area contributed by atoms with Gasteiger partial charge in [-0.05, 0) is 48.2 Å². The Morgan fingerprint density at radius 2 is 2.00 bits per heavy atom. The van der Waals surface area contributed by atoms with E-state index in [2.05, 4.69) is 26.1 Å². The van der Waals surface area contributed by atoms with Crippen molar-refractivity contribution in [1.82, 2.24) is 14.7 Å². The van der Waals surface area contributed by atoms with E-state index in [4.69, 9.17) is 4.55 Å². The number of aromatic amines is 1. The number of hydrogen-bond acceptors (Lipinski definition) is 4. The first-order valence-electron chi connectivity index (χ1n) is 7.82. The van der Waals surface area contributed by atoms with Gasteiger partial charge in [0.1, 0.15) is 5.65 Å². The van der Waals surface area contributed by atoms with E-state index in [1.165, 1.54) is 11.6 Å². The highest BCUT2D eigenvalue weighted by Crippen LogP contribution is 2.29. The second-order valence-electron chi connectivity index (χ2n) is 6.02. The minimum absolute atomic E-state index is 0.0251. The molecule has 1 aliphatic rings. The number of anilines is 2. The van der Waals surface area contributed by atoms with Crippen molar-refractivity contribution in [2.45, 2.75) is 18.9 Å². The molecular weight excluding hydrogens is 340 g/mol. The van der Waals surface area contributed by atoms with Gasteiger partial charge in [0.05, 0.1) is 5.69 Å². The standard InChI is InChI=1S/C17H16N4O3S/c22-16-4-3-14-15(5-6-18-17(14)20-16)19-12-2-1-10-7-13(21-25(23)24)9-11(10)8-12/h1-6,8,13,21H,7,9H2,(H,23,24)(H2,18,19,20,22). The van der Waals surface area contributed by atoms with E-state index >= 15 is 0 Å². The van der Waals surface area contributed by atoms with Crippen LogP contribution >= 0.6 is 0 Å². The van der Waals surface area contributed by atoms with Gasteiger partial charge in [-0.2, -0.15) is 0 Å². The monoisotopic (exact) mass is 356 g/mol. The number of fused-ring (bicyclic) bond motifs is 2. The Bertz CT molecular complexity index is 1030. The van der Waals surface area contributed by atoms with Gasteiger partial charge in [0.2, 0.25) is 16.8 Å². The van der Waals surface area contributed by atoms with E-state index in [0.717, 1.165) is 28.7 Å². The van der Waals surface area contributed by atoms with Gasteiger partial charge in [0, 0.05) is 29.4 Å². The summed E-state index contributed by atoms with van der Waals surface area (Å²) >= 11 is -2.00. The zero-order valence-electron chi connectivity index (χ0n) is 13.2. The molecule has 0 amide bonds. The summed E-state index contributed by atoms with van der Waals surface area (Å²) in [6.07, 6.45) is 3.09. The Balaban J connectivity index is 1.61. The number of nitrogens with one attached hydrogen (secondary N) is 3. The van der Waals surface area contributed by atoms with E-state index in [0.29, 0.717) is 12.1 Å². The van der Waals surface area contributed by atoms with Crippen LogP contribution in [0.15, 0.2) is 47.4 Å². The minimum Gasteiger partial charge on any atom is -0.355 e. The summed E-state index contributed by atoms with van der Waals surface area (Å²) < 4.78 is 22.6. The van der Waals surface area contributed by atoms with Crippen LogP contribution in [-0.2, 0) is 24.1 Å². The van der Waals surface area contributed by atoms with Crippen LogP contribution in [0.25, 0.3) is 11.0 Å². The molecule has 0 saturated heterocycles. The molecular formula is C17H16N4O3S. The highest BCUT2D eigenvalue weighted by Gasteiger charge is 2.22. The smallest absolute Gasteiger partial charge is 0.249 e. The predicted octanol–water partition coefficient (Wildman–Crippen LogP) is 1.86. The van der Waals surface area contributed by atoms with E-state index in [-0.39, 0.29) is 11.6 Å². The lowest BCUT2D eigenvalue weighted by Crippen LogP contribution is -2.30. The molecule has 128 valence electrons. The maximum atomic E-state index is 11.4. The Morgan fingerprint density at radius 1 is 1.16 bits per heavy atom. The van der Waals surface area contributed by atoms with Gasteiger partial charge in [-0.15, -0.1) is 0 Å². The molecule has 8 heteroatoms. The SMILES string of the molecule is O=c1ccc2c(Nc3ccc4c(c3)CC(NS(=O)O)C4)ccnc2[nH]1. The van der Waals surface area contributed by atoms with Crippen molar-refractivity contribution in [1.29, 1.82) is 0 Å². The average Bonchev–Trinajstić information content (AvgIpc) is 2.95. The number of benzene rings is 1. The van der Waals surface area contributed by atoms with Crippen LogP contribution in [0.2, 0.25) is 0 Å². The molecule has 25 heavy (non-hydrogen) atoms. The van der Waals surface area contributed by atoms with Crippen molar-refractivity contribution in [3.63, 3.8) is 0 Å². The third kappa shape index (κ3) is 3.32. The Morgan fingerprint density at radius 3 is 2.84 bits per heavy atom. The third-order valence-corrected chi connectivity index (χ3v) is 4.85. The largest absolute Gasteiger partial charge is 0.355 e. The van der Waals surface area contributed by atoms with Gasteiger partial charge < -0.3 is 10.3 Å². The highest BCUT2D eigenvalue weighted by molar-refractivity contribution is 7.77. The van der Waals surface area contributed by atoms with Gasteiger partial charge in [-0.1, -0.05) is 6.07 Å². The third-order valence-electron chi connectivity index (χ3n) is 4.32. The Hall–Kier alpha value is -2.55. The molecule has 0 saturated carbocycles. The number of pyridine rings is 2. The number of H-pyrrole nitrogens is 1. The molecule has 1 aliphatic carbocycles. The van der Waals surface area contributed by atoms with Crippen LogP contribution in [0.4, 0.5) is 11.4 Å². The van der Waals surface area contributed by atoms with Gasteiger partial charge in [0.15, 0.2) is 0 Å². The van der Waals surface area contributed by atoms with E-state index in [1.807, 2.05) is 18.2 Å². The van der Waals surface area contributed by atoms with Crippen LogP contribution in [0.3, 0.4) is 0 Å². The molecule has 2 heterocycles. The highest BCUT2D eigenvalue weighted by atomic mass is 32.2. The summed E-state index contributed by atoms with van der Waals surface area (Å²) in [5.41, 5.74) is 4.45. The molecule has 3 aromatic rings. The fourth-order valence-electron chi connectivity index (χ4n) is 3.25. The van der Waals surface area contributed by atoms with Crippen molar-refractivity contribution in [3.8, 4) is 0 Å². The number of hydrogen-bond donors (Lipinski definition) is 4. The number of aromatic nitrogens is 2. The van der Waals surface area contributed by atoms with Gasteiger partial charge in [0.25, 0.3) is 0 Å². The van der Waals surface area contributed by atoms with Crippen molar-refractivity contribution >= 4 is 33.7 Å². The summed E-state index contributed by atoms with van der Waals surface area (Å²) in [4.78, 5) is 18.3. The molecule has 0 bridgehead atoms. The molecule has 2 atom stereocenters. The van der Waals surface area contributed by atoms with E-state index in [1.54, 1.807) is 12.3 Å². The van der Waals surface area contributed by atoms with Crippen molar-refractivity contribution in [3.05, 3.63) is 64.1 Å². The van der Waals surface area contributed by atoms with Crippen molar-refractivity contribution < 1.29 is 8.76 Å². The van der Waals surface area contributed by atoms with E-state index in [9.17, 15) is 9.00 Å². The van der Waals surface area contributed by atoms with Crippen LogP contribution < -0.4 is 15.6 Å². The van der Waals surface area contributed by atoms with Gasteiger partial charge in [-0.3, -0.25) is 9.35 Å². The van der Waals surface area contributed by atoms with Crippen LogP contribution in [0.5, 0.6) is 0 Å². The lowest BCUT2D eigenvalue weighted by atomic mass is 10.1. The Labute approximate surface area is 145 Å². The summed E-state index contributed by atoms with van der Waals surface area (Å²) in [5, 5.41) is 4.19. The fraction of sp³-hybridized carbons (Fsp3) is 0.176. The van der Waals surface area contributed by atoms with Crippen molar-refractivity contribution in [2.24, 2.45) is 0 Å².